The van der Waals surface area contributed by atoms with Crippen molar-refractivity contribution in [2.75, 3.05) is 5.73 Å². The molecule has 0 unspecified atom stereocenters. The number of anilines is 1. The molecule has 0 heterocycles. The molecule has 0 amide bonds. The lowest BCUT2D eigenvalue weighted by Crippen LogP contribution is -2.09. The second-order valence-electron chi connectivity index (χ2n) is 3.06. The van der Waals surface area contributed by atoms with Crippen LogP contribution in [0.1, 0.15) is 5.56 Å². The van der Waals surface area contributed by atoms with Crippen molar-refractivity contribution in [3.05, 3.63) is 40.8 Å². The number of rotatable bonds is 2. The molecule has 6 heteroatoms. The van der Waals surface area contributed by atoms with Gasteiger partial charge in [0.15, 0.2) is 0 Å². The molecular weight excluding hydrogens is 237 g/mol. The number of allylic oxidation sites excluding steroid dienone is 2. The first-order valence-electron chi connectivity index (χ1n) is 4.23. The van der Waals surface area contributed by atoms with E-state index >= 15 is 0 Å². The summed E-state index contributed by atoms with van der Waals surface area (Å²) in [6, 6.07) is 5.99. The molecule has 0 aliphatic carbocycles. The molecule has 2 nitrogen and oxygen atoms in total. The van der Waals surface area contributed by atoms with Gasteiger partial charge in [0.1, 0.15) is 0 Å². The Kier molecular flexibility index (Phi) is 3.64. The average molecular weight is 246 g/mol. The first-order chi connectivity index (χ1) is 7.30. The molecular formula is C10H9F3N2S. The summed E-state index contributed by atoms with van der Waals surface area (Å²) in [4.78, 5) is -1.10. The molecule has 0 bridgehead atoms. The summed E-state index contributed by atoms with van der Waals surface area (Å²) in [6.07, 6.45) is -3.86. The zero-order valence-corrected chi connectivity index (χ0v) is 8.94. The number of benzene rings is 1. The Labute approximate surface area is 95.9 Å². The number of nitrogens with one attached hydrogen (secondary N) is 1. The Hall–Kier alpha value is -1.43. The van der Waals surface area contributed by atoms with Gasteiger partial charge < -0.3 is 11.1 Å². The smallest absolute Gasteiger partial charge is 0.399 e. The Morgan fingerprint density at radius 3 is 2.19 bits per heavy atom. The monoisotopic (exact) mass is 246 g/mol. The zero-order valence-electron chi connectivity index (χ0n) is 8.05. The van der Waals surface area contributed by atoms with Crippen LogP contribution in [-0.2, 0) is 0 Å². The highest BCUT2D eigenvalue weighted by Gasteiger charge is 2.31. The van der Waals surface area contributed by atoms with Gasteiger partial charge in [-0.3, -0.25) is 0 Å². The van der Waals surface area contributed by atoms with Crippen LogP contribution < -0.4 is 5.73 Å². The predicted octanol–water partition coefficient (Wildman–Crippen LogP) is 3.01. The van der Waals surface area contributed by atoms with Crippen LogP contribution in [0, 0.1) is 5.41 Å². The van der Waals surface area contributed by atoms with Crippen molar-refractivity contribution in [2.24, 2.45) is 0 Å². The first kappa shape index (κ1) is 12.6. The van der Waals surface area contributed by atoms with E-state index in [-0.39, 0.29) is 5.71 Å². The maximum Gasteiger partial charge on any atom is 0.422 e. The standard InChI is InChI=1S/C10H9F3N2S/c11-10(12,13)9(16)5-8(15)6-1-3-7(14)4-2-6/h1-5,15-16H,14H2/b9-5-,15-8?. The van der Waals surface area contributed by atoms with E-state index in [2.05, 4.69) is 12.6 Å². The van der Waals surface area contributed by atoms with Crippen LogP contribution in [0.4, 0.5) is 18.9 Å². The number of halogens is 3. The van der Waals surface area contributed by atoms with E-state index in [1.165, 1.54) is 24.3 Å². The number of nitrogen functional groups attached to an aromatic ring is 1. The third-order valence-corrected chi connectivity index (χ3v) is 2.18. The highest BCUT2D eigenvalue weighted by atomic mass is 32.1. The number of nitrogens with two attached hydrogens (primary N) is 1. The third kappa shape index (κ3) is 3.30. The normalized spacial score (nSPS) is 12.6. The third-order valence-electron chi connectivity index (χ3n) is 1.79. The minimum atomic E-state index is -4.52. The second kappa shape index (κ2) is 4.61. The van der Waals surface area contributed by atoms with Crippen molar-refractivity contribution in [1.82, 2.24) is 0 Å². The highest BCUT2D eigenvalue weighted by Crippen LogP contribution is 2.28. The van der Waals surface area contributed by atoms with Gasteiger partial charge in [-0.15, -0.1) is 12.6 Å². The van der Waals surface area contributed by atoms with Crippen LogP contribution in [0.15, 0.2) is 35.2 Å². The summed E-state index contributed by atoms with van der Waals surface area (Å²) in [7, 11) is 0. The van der Waals surface area contributed by atoms with Crippen LogP contribution in [-0.4, -0.2) is 11.9 Å². The Balaban J connectivity index is 2.92. The molecule has 0 saturated carbocycles. The Bertz CT molecular complexity index is 421. The fraction of sp³-hybridized carbons (Fsp3) is 0.100. The van der Waals surface area contributed by atoms with E-state index in [9.17, 15) is 13.2 Å². The van der Waals surface area contributed by atoms with Crippen LogP contribution >= 0.6 is 12.6 Å². The van der Waals surface area contributed by atoms with E-state index in [0.29, 0.717) is 17.3 Å². The molecule has 0 aliphatic rings. The number of hydrogen-bond acceptors (Lipinski definition) is 3. The molecule has 86 valence electrons. The van der Waals surface area contributed by atoms with Crippen LogP contribution in [0.3, 0.4) is 0 Å². The molecule has 3 N–H and O–H groups in total. The largest absolute Gasteiger partial charge is 0.422 e. The molecule has 1 rings (SSSR count). The fourth-order valence-electron chi connectivity index (χ4n) is 0.965. The summed E-state index contributed by atoms with van der Waals surface area (Å²) in [6.45, 7) is 0. The summed E-state index contributed by atoms with van der Waals surface area (Å²) < 4.78 is 36.4. The van der Waals surface area contributed by atoms with Crippen LogP contribution in [0.5, 0.6) is 0 Å². The average Bonchev–Trinajstić information content (AvgIpc) is 2.17. The molecule has 0 atom stereocenters. The molecule has 0 aliphatic heterocycles. The molecule has 1 aromatic carbocycles. The number of alkyl halides is 3. The van der Waals surface area contributed by atoms with Crippen LogP contribution in [0.2, 0.25) is 0 Å². The topological polar surface area (TPSA) is 49.9 Å². The van der Waals surface area contributed by atoms with Crippen molar-refractivity contribution in [2.45, 2.75) is 6.18 Å². The summed E-state index contributed by atoms with van der Waals surface area (Å²) in [5.74, 6) is 0. The number of thiol groups is 1. The quantitative estimate of drug-likeness (QED) is 0.419. The summed E-state index contributed by atoms with van der Waals surface area (Å²) >= 11 is 3.29. The van der Waals surface area contributed by atoms with Gasteiger partial charge >= 0.3 is 6.18 Å². The van der Waals surface area contributed by atoms with Gasteiger partial charge in [-0.1, -0.05) is 12.1 Å². The Morgan fingerprint density at radius 1 is 1.25 bits per heavy atom. The lowest BCUT2D eigenvalue weighted by atomic mass is 10.1. The maximum atomic E-state index is 12.1. The number of hydrogen-bond donors (Lipinski definition) is 3. The summed E-state index contributed by atoms with van der Waals surface area (Å²) in [5.41, 5.74) is 5.99. The van der Waals surface area contributed by atoms with Crippen molar-refractivity contribution in [3.63, 3.8) is 0 Å². The molecule has 0 spiro atoms. The van der Waals surface area contributed by atoms with Gasteiger partial charge in [-0.25, -0.2) is 0 Å². The van der Waals surface area contributed by atoms with Gasteiger partial charge in [0.05, 0.1) is 10.6 Å². The van der Waals surface area contributed by atoms with Crippen molar-refractivity contribution < 1.29 is 13.2 Å². The molecule has 1 aromatic rings. The maximum absolute atomic E-state index is 12.1. The van der Waals surface area contributed by atoms with E-state index in [1.807, 2.05) is 0 Å². The predicted molar refractivity (Wildman–Crippen MR) is 60.8 cm³/mol. The van der Waals surface area contributed by atoms with Gasteiger partial charge in [0, 0.05) is 5.69 Å². The van der Waals surface area contributed by atoms with E-state index < -0.39 is 11.1 Å². The molecule has 16 heavy (non-hydrogen) atoms. The lowest BCUT2D eigenvalue weighted by molar-refractivity contribution is -0.0833. The highest BCUT2D eigenvalue weighted by molar-refractivity contribution is 7.84. The Morgan fingerprint density at radius 2 is 1.75 bits per heavy atom. The zero-order chi connectivity index (χ0) is 12.3. The first-order valence-corrected chi connectivity index (χ1v) is 4.68. The SMILES string of the molecule is N=C(/C=C(\S)C(F)(F)F)c1ccc(N)cc1. The van der Waals surface area contributed by atoms with Gasteiger partial charge in [-0.05, 0) is 23.8 Å². The molecule has 0 aromatic heterocycles. The molecule has 0 radical (unpaired) electrons. The van der Waals surface area contributed by atoms with Crippen molar-refractivity contribution >= 4 is 24.0 Å². The van der Waals surface area contributed by atoms with E-state index in [0.717, 1.165) is 0 Å². The minimum absolute atomic E-state index is 0.262. The van der Waals surface area contributed by atoms with Gasteiger partial charge in [0.25, 0.3) is 0 Å². The van der Waals surface area contributed by atoms with Gasteiger partial charge in [0.2, 0.25) is 0 Å². The van der Waals surface area contributed by atoms with E-state index in [4.69, 9.17) is 11.1 Å². The van der Waals surface area contributed by atoms with Crippen molar-refractivity contribution in [1.29, 1.82) is 5.41 Å². The lowest BCUT2D eigenvalue weighted by Gasteiger charge is -2.06. The van der Waals surface area contributed by atoms with E-state index in [1.54, 1.807) is 0 Å². The second-order valence-corrected chi connectivity index (χ2v) is 3.54. The fourth-order valence-corrected chi connectivity index (χ4v) is 1.09. The van der Waals surface area contributed by atoms with Gasteiger partial charge in [-0.2, -0.15) is 13.2 Å². The van der Waals surface area contributed by atoms with Crippen molar-refractivity contribution in [3.8, 4) is 0 Å². The molecule has 0 saturated heterocycles. The molecule has 0 fully saturated rings. The summed E-state index contributed by atoms with van der Waals surface area (Å²) in [5, 5.41) is 7.44. The minimum Gasteiger partial charge on any atom is -0.399 e. The van der Waals surface area contributed by atoms with Crippen LogP contribution in [0.25, 0.3) is 0 Å².